The molecule has 1 heterocycles. The maximum absolute atomic E-state index is 11.3. The molecule has 0 aliphatic carbocycles. The Morgan fingerprint density at radius 2 is 2.10 bits per heavy atom. The lowest BCUT2D eigenvalue weighted by atomic mass is 10.2. The number of nitrogens with zero attached hydrogens (tertiary/aromatic N) is 3. The minimum absolute atomic E-state index is 0.0905. The van der Waals surface area contributed by atoms with Gasteiger partial charge >= 0.3 is 0 Å². The third-order valence-electron chi connectivity index (χ3n) is 2.54. The number of carbonyl (C=O) groups is 2. The molecule has 0 aliphatic rings. The fourth-order valence-electron chi connectivity index (χ4n) is 1.67. The van der Waals surface area contributed by atoms with Gasteiger partial charge in [0.25, 0.3) is 5.91 Å². The maximum Gasteiger partial charge on any atom is 0.273 e. The number of nitrogens with two attached hydrogens (primary N) is 1. The first-order chi connectivity index (χ1) is 9.49. The Morgan fingerprint density at radius 3 is 2.70 bits per heavy atom. The van der Waals surface area contributed by atoms with Crippen LogP contribution in [0.1, 0.15) is 23.0 Å². The number of nitrogens with one attached hydrogen (secondary N) is 1. The number of carbonyl (C=O) groups excluding carboxylic acids is 2. The topological polar surface area (TPSA) is 103 Å². The Hall–Kier alpha value is -2.41. The van der Waals surface area contributed by atoms with Crippen LogP contribution in [0, 0.1) is 0 Å². The molecule has 7 nitrogen and oxygen atoms in total. The van der Waals surface area contributed by atoms with Crippen molar-refractivity contribution in [2.75, 3.05) is 5.32 Å². The first kappa shape index (κ1) is 14.0. The van der Waals surface area contributed by atoms with Crippen molar-refractivity contribution in [3.63, 3.8) is 0 Å². The van der Waals surface area contributed by atoms with Crippen molar-refractivity contribution in [1.29, 1.82) is 0 Å². The predicted octanol–water partition coefficient (Wildman–Crippen LogP) is 1.04. The summed E-state index contributed by atoms with van der Waals surface area (Å²) < 4.78 is 1.36. The van der Waals surface area contributed by atoms with E-state index in [1.165, 1.54) is 11.6 Å². The fourth-order valence-corrected chi connectivity index (χ4v) is 1.86. The van der Waals surface area contributed by atoms with Gasteiger partial charge in [0, 0.05) is 11.9 Å². The summed E-state index contributed by atoms with van der Waals surface area (Å²) in [5.74, 6) is -0.959. The maximum atomic E-state index is 11.3. The SMILES string of the molecule is CC(=O)Nc1c(C(N)=O)nnn1Cc1ccccc1Cl. The molecule has 1 aromatic carbocycles. The van der Waals surface area contributed by atoms with E-state index in [2.05, 4.69) is 15.6 Å². The summed E-state index contributed by atoms with van der Waals surface area (Å²) in [5.41, 5.74) is 5.88. The van der Waals surface area contributed by atoms with Gasteiger partial charge in [0.05, 0.1) is 6.54 Å². The molecule has 0 saturated heterocycles. The van der Waals surface area contributed by atoms with Crippen LogP contribution in [-0.4, -0.2) is 26.8 Å². The van der Waals surface area contributed by atoms with Crippen molar-refractivity contribution < 1.29 is 9.59 Å². The van der Waals surface area contributed by atoms with E-state index in [-0.39, 0.29) is 24.0 Å². The molecule has 0 atom stereocenters. The fraction of sp³-hybridized carbons (Fsp3) is 0.167. The normalized spacial score (nSPS) is 10.3. The van der Waals surface area contributed by atoms with Crippen molar-refractivity contribution in [3.8, 4) is 0 Å². The molecule has 0 unspecified atom stereocenters. The summed E-state index contributed by atoms with van der Waals surface area (Å²) in [6.07, 6.45) is 0. The number of amides is 2. The van der Waals surface area contributed by atoms with Crippen LogP contribution in [0.4, 0.5) is 5.82 Å². The highest BCUT2D eigenvalue weighted by Crippen LogP contribution is 2.19. The lowest BCUT2D eigenvalue weighted by Crippen LogP contribution is -2.18. The van der Waals surface area contributed by atoms with E-state index >= 15 is 0 Å². The average molecular weight is 294 g/mol. The van der Waals surface area contributed by atoms with E-state index < -0.39 is 5.91 Å². The van der Waals surface area contributed by atoms with E-state index in [0.29, 0.717) is 5.02 Å². The second kappa shape index (κ2) is 5.70. The smallest absolute Gasteiger partial charge is 0.273 e. The summed E-state index contributed by atoms with van der Waals surface area (Å²) in [4.78, 5) is 22.5. The molecular formula is C12H12ClN5O2. The molecule has 2 rings (SSSR count). The number of primary amides is 1. The molecule has 0 fully saturated rings. The molecule has 3 N–H and O–H groups in total. The minimum Gasteiger partial charge on any atom is -0.364 e. The molecule has 0 saturated carbocycles. The Kier molecular flexibility index (Phi) is 3.99. The molecule has 2 aromatic rings. The third-order valence-corrected chi connectivity index (χ3v) is 2.91. The van der Waals surface area contributed by atoms with Gasteiger partial charge in [-0.25, -0.2) is 4.68 Å². The van der Waals surface area contributed by atoms with Crippen LogP contribution in [0.15, 0.2) is 24.3 Å². The minimum atomic E-state index is -0.765. The summed E-state index contributed by atoms with van der Waals surface area (Å²) in [6.45, 7) is 1.58. The first-order valence-electron chi connectivity index (χ1n) is 5.73. The highest BCUT2D eigenvalue weighted by molar-refractivity contribution is 6.31. The third kappa shape index (κ3) is 2.94. The summed E-state index contributed by atoms with van der Waals surface area (Å²) in [7, 11) is 0. The number of rotatable bonds is 4. The number of halogens is 1. The molecule has 20 heavy (non-hydrogen) atoms. The summed E-state index contributed by atoms with van der Waals surface area (Å²) >= 11 is 6.06. The lowest BCUT2D eigenvalue weighted by Gasteiger charge is -2.08. The molecule has 1 aromatic heterocycles. The Bertz CT molecular complexity index is 668. The van der Waals surface area contributed by atoms with Gasteiger partial charge in [-0.05, 0) is 11.6 Å². The number of aromatic nitrogens is 3. The summed E-state index contributed by atoms with van der Waals surface area (Å²) in [5, 5.41) is 10.5. The lowest BCUT2D eigenvalue weighted by molar-refractivity contribution is -0.114. The highest BCUT2D eigenvalue weighted by atomic mass is 35.5. The van der Waals surface area contributed by atoms with Crippen LogP contribution in [0.2, 0.25) is 5.02 Å². The van der Waals surface area contributed by atoms with Crippen molar-refractivity contribution in [2.24, 2.45) is 5.73 Å². The second-order valence-corrected chi connectivity index (χ2v) is 4.49. The van der Waals surface area contributed by atoms with Gasteiger partial charge in [0.15, 0.2) is 11.5 Å². The van der Waals surface area contributed by atoms with Crippen LogP contribution < -0.4 is 11.1 Å². The van der Waals surface area contributed by atoms with Crippen LogP contribution in [0.25, 0.3) is 0 Å². The molecule has 2 amide bonds. The molecule has 0 bridgehead atoms. The Labute approximate surface area is 119 Å². The van der Waals surface area contributed by atoms with Gasteiger partial charge in [0.2, 0.25) is 5.91 Å². The van der Waals surface area contributed by atoms with Gasteiger partial charge in [-0.2, -0.15) is 0 Å². The largest absolute Gasteiger partial charge is 0.364 e. The van der Waals surface area contributed by atoms with Crippen LogP contribution in [0.3, 0.4) is 0 Å². The number of hydrogen-bond acceptors (Lipinski definition) is 4. The summed E-state index contributed by atoms with van der Waals surface area (Å²) in [6, 6.07) is 7.17. The van der Waals surface area contributed by atoms with E-state index in [9.17, 15) is 9.59 Å². The zero-order valence-corrected chi connectivity index (χ0v) is 11.4. The van der Waals surface area contributed by atoms with E-state index in [4.69, 9.17) is 17.3 Å². The van der Waals surface area contributed by atoms with E-state index in [1.54, 1.807) is 12.1 Å². The average Bonchev–Trinajstić information content (AvgIpc) is 2.75. The van der Waals surface area contributed by atoms with Crippen molar-refractivity contribution in [2.45, 2.75) is 13.5 Å². The number of benzene rings is 1. The molecule has 8 heteroatoms. The van der Waals surface area contributed by atoms with Gasteiger partial charge in [-0.3, -0.25) is 9.59 Å². The predicted molar refractivity (Wildman–Crippen MR) is 73.4 cm³/mol. The van der Waals surface area contributed by atoms with Gasteiger partial charge in [-0.1, -0.05) is 35.0 Å². The van der Waals surface area contributed by atoms with Gasteiger partial charge < -0.3 is 11.1 Å². The Morgan fingerprint density at radius 1 is 1.40 bits per heavy atom. The van der Waals surface area contributed by atoms with Gasteiger partial charge in [-0.15, -0.1) is 5.10 Å². The van der Waals surface area contributed by atoms with Crippen LogP contribution in [-0.2, 0) is 11.3 Å². The van der Waals surface area contributed by atoms with Crippen molar-refractivity contribution >= 4 is 29.2 Å². The zero-order valence-electron chi connectivity index (χ0n) is 10.6. The van der Waals surface area contributed by atoms with Crippen molar-refractivity contribution in [1.82, 2.24) is 15.0 Å². The molecule has 104 valence electrons. The Balaban J connectivity index is 2.39. The zero-order chi connectivity index (χ0) is 14.7. The quantitative estimate of drug-likeness (QED) is 0.879. The van der Waals surface area contributed by atoms with Crippen molar-refractivity contribution in [3.05, 3.63) is 40.5 Å². The molecule has 0 radical (unpaired) electrons. The van der Waals surface area contributed by atoms with E-state index in [0.717, 1.165) is 5.56 Å². The molecule has 0 aliphatic heterocycles. The number of hydrogen-bond donors (Lipinski definition) is 2. The standard InChI is InChI=1S/C12H12ClN5O2/c1-7(19)15-12-10(11(14)20)16-17-18(12)6-8-4-2-3-5-9(8)13/h2-5H,6H2,1H3,(H2,14,20)(H,15,19). The molecular weight excluding hydrogens is 282 g/mol. The van der Waals surface area contributed by atoms with Crippen LogP contribution in [0.5, 0.6) is 0 Å². The second-order valence-electron chi connectivity index (χ2n) is 4.08. The molecule has 0 spiro atoms. The highest BCUT2D eigenvalue weighted by Gasteiger charge is 2.19. The van der Waals surface area contributed by atoms with Crippen LogP contribution >= 0.6 is 11.6 Å². The van der Waals surface area contributed by atoms with E-state index in [1.807, 2.05) is 12.1 Å². The monoisotopic (exact) mass is 293 g/mol. The number of anilines is 1. The van der Waals surface area contributed by atoms with Gasteiger partial charge in [0.1, 0.15) is 0 Å². The first-order valence-corrected chi connectivity index (χ1v) is 6.11.